The summed E-state index contributed by atoms with van der Waals surface area (Å²) in [5.74, 6) is 0. The molecule has 7 aromatic rings. The first kappa shape index (κ1) is 36.9. The Hall–Kier alpha value is -4.89. The van der Waals surface area contributed by atoms with Crippen LogP contribution < -0.4 is 16.5 Å². The Bertz CT molecular complexity index is 1900. The fraction of sp³-hybridized carbons (Fsp3) is 0.0455. The third-order valence-corrected chi connectivity index (χ3v) is 22.9. The zero-order valence-corrected chi connectivity index (χ0v) is 31.0. The third kappa shape index (κ3) is 8.25. The van der Waals surface area contributed by atoms with Crippen LogP contribution in [0.2, 0.25) is 0 Å². The van der Waals surface area contributed by atoms with Crippen molar-refractivity contribution in [3.05, 3.63) is 211 Å². The quantitative estimate of drug-likeness (QED) is 0.0860. The van der Waals surface area contributed by atoms with Gasteiger partial charge in [0.05, 0.1) is 22.0 Å². The van der Waals surface area contributed by atoms with Crippen molar-refractivity contribution in [1.82, 2.24) is 0 Å². The summed E-state index contributed by atoms with van der Waals surface area (Å²) in [7, 11) is -0.819. The first-order valence-corrected chi connectivity index (χ1v) is 22.7. The van der Waals surface area contributed by atoms with E-state index in [9.17, 15) is 26.3 Å². The number of benzene rings is 7. The van der Waals surface area contributed by atoms with E-state index in [0.717, 1.165) is 29.2 Å². The van der Waals surface area contributed by atoms with Crippen LogP contribution in [0.5, 0.6) is 0 Å². The van der Waals surface area contributed by atoms with Gasteiger partial charge in [0.15, 0.2) is 14.7 Å². The number of hydrogen-bond acceptors (Lipinski definition) is 0. The Morgan fingerprint density at radius 2 is 0.519 bits per heavy atom. The molecule has 0 unspecified atom stereocenters. The summed E-state index contributed by atoms with van der Waals surface area (Å²) in [6.45, 7) is 0. The van der Waals surface area contributed by atoms with E-state index < -0.39 is 49.4 Å². The predicted octanol–water partition coefficient (Wildman–Crippen LogP) is 9.88. The Balaban J connectivity index is 0.000000179. The van der Waals surface area contributed by atoms with Gasteiger partial charge in [-0.3, -0.25) is 0 Å². The second kappa shape index (κ2) is 16.2. The molecular formula is C44H33F6GaS. The summed E-state index contributed by atoms with van der Waals surface area (Å²) in [5.41, 5.74) is -1.54. The average molecular weight is 778 g/mol. The Morgan fingerprint density at radius 1 is 0.288 bits per heavy atom. The second-order valence-electron chi connectivity index (χ2n) is 12.2. The van der Waals surface area contributed by atoms with Gasteiger partial charge in [0, 0.05) is 0 Å². The Labute approximate surface area is 305 Å². The van der Waals surface area contributed by atoms with Crippen LogP contribution in [0.1, 0.15) is 11.1 Å². The molecule has 0 aromatic heterocycles. The molecule has 7 rings (SSSR count). The molecule has 0 aliphatic heterocycles. The minimum atomic E-state index is -4.45. The molecule has 0 atom stereocenters. The summed E-state index contributed by atoms with van der Waals surface area (Å²) in [6.07, 6.45) is -8.89. The molecule has 0 bridgehead atoms. The van der Waals surface area contributed by atoms with Crippen molar-refractivity contribution in [2.75, 3.05) is 0 Å². The maximum atomic E-state index is 12.8. The molecule has 0 amide bonds. The SMILES string of the molecule is FC(F)(F)c1ccc([S+](c2ccccc2)c2ccc(C(F)(F)F)cc2)cc1.c1cc[c]([Ga-]([c]2ccccc2)([c]2ccccc2)[c]2ccccc2)cc1. The van der Waals surface area contributed by atoms with Crippen molar-refractivity contribution in [2.45, 2.75) is 27.0 Å². The van der Waals surface area contributed by atoms with E-state index >= 15 is 0 Å². The van der Waals surface area contributed by atoms with E-state index in [1.54, 1.807) is 30.3 Å². The van der Waals surface area contributed by atoms with Gasteiger partial charge in [0.2, 0.25) is 0 Å². The van der Waals surface area contributed by atoms with Crippen LogP contribution in [0, 0.1) is 0 Å². The maximum absolute atomic E-state index is 12.8. The monoisotopic (exact) mass is 776 g/mol. The molecule has 52 heavy (non-hydrogen) atoms. The summed E-state index contributed by atoms with van der Waals surface area (Å²) >= 11 is -3.21. The molecule has 7 aromatic carbocycles. The van der Waals surface area contributed by atoms with Gasteiger partial charge in [-0.15, -0.1) is 0 Å². The van der Waals surface area contributed by atoms with Gasteiger partial charge in [0.1, 0.15) is 0 Å². The predicted molar refractivity (Wildman–Crippen MR) is 202 cm³/mol. The number of halogens is 6. The van der Waals surface area contributed by atoms with Gasteiger partial charge >= 0.3 is 165 Å². The van der Waals surface area contributed by atoms with Crippen LogP contribution in [0.15, 0.2) is 215 Å². The van der Waals surface area contributed by atoms with Crippen molar-refractivity contribution in [3.63, 3.8) is 0 Å². The molecule has 0 saturated carbocycles. The summed E-state index contributed by atoms with van der Waals surface area (Å²) in [5, 5.41) is 0. The van der Waals surface area contributed by atoms with E-state index in [4.69, 9.17) is 0 Å². The van der Waals surface area contributed by atoms with E-state index in [1.165, 1.54) is 40.7 Å². The van der Waals surface area contributed by atoms with Gasteiger partial charge in [0.25, 0.3) is 0 Å². The van der Waals surface area contributed by atoms with Crippen LogP contribution in [0.3, 0.4) is 0 Å². The minimum absolute atomic E-state index is 0.592. The zero-order chi connectivity index (χ0) is 36.6. The zero-order valence-electron chi connectivity index (χ0n) is 27.8. The van der Waals surface area contributed by atoms with Crippen molar-refractivity contribution in [1.29, 1.82) is 0 Å². The Morgan fingerprint density at radius 3 is 0.769 bits per heavy atom. The normalized spacial score (nSPS) is 11.8. The molecule has 0 spiro atoms. The standard InChI is InChI=1S/C20H13F6S.4C6H5.Ga/c21-19(22,23)14-6-10-17(11-7-14)27(16-4-2-1-3-5-16)18-12-8-15(9-13-18)20(24,25)26;4*1-2-4-6-5-3-1;/h1-13H;4*1-5H;/q+1;;;;;-1. The van der Waals surface area contributed by atoms with Crippen molar-refractivity contribution in [3.8, 4) is 0 Å². The molecule has 0 nitrogen and oxygen atoms in total. The van der Waals surface area contributed by atoms with Crippen LogP contribution in [0.4, 0.5) is 26.3 Å². The molecule has 0 aliphatic rings. The molecule has 0 radical (unpaired) electrons. The van der Waals surface area contributed by atoms with Crippen molar-refractivity contribution < 1.29 is 26.3 Å². The van der Waals surface area contributed by atoms with Gasteiger partial charge in [-0.1, -0.05) is 18.2 Å². The van der Waals surface area contributed by atoms with Gasteiger partial charge in [-0.25, -0.2) is 0 Å². The summed E-state index contributed by atoms with van der Waals surface area (Å²) < 4.78 is 82.8. The molecule has 260 valence electrons. The van der Waals surface area contributed by atoms with E-state index in [1.807, 2.05) is 0 Å². The van der Waals surface area contributed by atoms with Gasteiger partial charge < -0.3 is 0 Å². The van der Waals surface area contributed by atoms with E-state index in [0.29, 0.717) is 9.79 Å². The summed E-state index contributed by atoms with van der Waals surface area (Å²) in [4.78, 5) is 1.99. The first-order chi connectivity index (χ1) is 25.1. The third-order valence-electron chi connectivity index (χ3n) is 9.01. The van der Waals surface area contributed by atoms with Gasteiger partial charge in [-0.2, -0.15) is 26.3 Å². The van der Waals surface area contributed by atoms with Gasteiger partial charge in [-0.05, 0) is 60.7 Å². The first-order valence-electron chi connectivity index (χ1n) is 16.6. The molecule has 0 N–H and O–H groups in total. The Kier molecular flexibility index (Phi) is 11.5. The second-order valence-corrected chi connectivity index (χ2v) is 23.4. The fourth-order valence-corrected chi connectivity index (χ4v) is 20.3. The van der Waals surface area contributed by atoms with Crippen molar-refractivity contribution in [2.24, 2.45) is 0 Å². The number of alkyl halides is 6. The van der Waals surface area contributed by atoms with Crippen LogP contribution in [0.25, 0.3) is 0 Å². The fourth-order valence-electron chi connectivity index (χ4n) is 6.65. The van der Waals surface area contributed by atoms with E-state index in [-0.39, 0.29) is 0 Å². The number of rotatable bonds is 7. The average Bonchev–Trinajstić information content (AvgIpc) is 3.18. The van der Waals surface area contributed by atoms with E-state index in [2.05, 4.69) is 121 Å². The molecule has 0 heterocycles. The van der Waals surface area contributed by atoms with Crippen LogP contribution >= 0.6 is 0 Å². The molecule has 0 saturated heterocycles. The molecule has 8 heteroatoms. The summed E-state index contributed by atoms with van der Waals surface area (Å²) in [6, 6.07) is 62.8. The molecule has 0 fully saturated rings. The number of hydrogen-bond donors (Lipinski definition) is 0. The molecule has 0 aliphatic carbocycles. The topological polar surface area (TPSA) is 0 Å². The van der Waals surface area contributed by atoms with Crippen LogP contribution in [-0.2, 0) is 23.2 Å². The van der Waals surface area contributed by atoms with Crippen molar-refractivity contribution >= 4 is 42.4 Å². The van der Waals surface area contributed by atoms with Crippen LogP contribution in [-0.4, -0.2) is 15.0 Å². The molecular weight excluding hydrogens is 744 g/mol.